The number of nitrogens with zero attached hydrogens (tertiary/aromatic N) is 3. The van der Waals surface area contributed by atoms with Gasteiger partial charge >= 0.3 is 5.97 Å². The van der Waals surface area contributed by atoms with E-state index in [4.69, 9.17) is 14.3 Å². The van der Waals surface area contributed by atoms with Crippen LogP contribution in [-0.4, -0.2) is 163 Å². The van der Waals surface area contributed by atoms with Crippen LogP contribution in [0.25, 0.3) is 27.1 Å². The Kier molecular flexibility index (Phi) is 18.5. The first-order valence-corrected chi connectivity index (χ1v) is 35.0. The lowest BCUT2D eigenvalue weighted by Crippen LogP contribution is -2.33. The summed E-state index contributed by atoms with van der Waals surface area (Å²) in [4.78, 5) is 41.2. The molecule has 0 saturated carbocycles. The number of ether oxygens (including phenoxy) is 2. The van der Waals surface area contributed by atoms with E-state index in [0.29, 0.717) is 17.2 Å². The number of amides is 2. The van der Waals surface area contributed by atoms with Crippen LogP contribution in [0.2, 0.25) is 0 Å². The summed E-state index contributed by atoms with van der Waals surface area (Å²) in [6.07, 6.45) is 5.28. The van der Waals surface area contributed by atoms with Gasteiger partial charge in [0.15, 0.2) is 5.71 Å². The Labute approximate surface area is 500 Å². The Morgan fingerprint density at radius 1 is 0.644 bits per heavy atom. The maximum absolute atomic E-state index is 13.4. The molecule has 2 atom stereocenters. The molecule has 27 nitrogen and oxygen atoms in total. The highest BCUT2D eigenvalue weighted by molar-refractivity contribution is 7.87. The van der Waals surface area contributed by atoms with Crippen molar-refractivity contribution in [3.8, 4) is 0 Å². The number of hydrogen-bond acceptors (Lipinski definition) is 20. The van der Waals surface area contributed by atoms with E-state index in [9.17, 15) is 92.2 Å². The van der Waals surface area contributed by atoms with E-state index < -0.39 is 120 Å². The molecule has 468 valence electrons. The van der Waals surface area contributed by atoms with Gasteiger partial charge in [0.05, 0.1) is 37.2 Å². The Hall–Kier alpha value is -6.70. The molecular formula is C54H57N3O24S6. The summed E-state index contributed by atoms with van der Waals surface area (Å²) < 4.78 is 228. The minimum absolute atomic E-state index is 0.000567. The third-order valence-electron chi connectivity index (χ3n) is 15.3. The molecule has 2 unspecified atom stereocenters. The van der Waals surface area contributed by atoms with Crippen LogP contribution in [-0.2, 0) is 95.4 Å². The first kappa shape index (κ1) is 66.3. The molecule has 3 aliphatic rings. The number of benzene rings is 5. The monoisotopic (exact) mass is 1320 g/mol. The van der Waals surface area contributed by atoms with Crippen LogP contribution < -0.4 is 4.90 Å². The number of methoxy groups -OCH3 is 2. The molecule has 3 heterocycles. The van der Waals surface area contributed by atoms with E-state index in [1.807, 2.05) is 0 Å². The fraction of sp³-hybridized carbons (Fsp3) is 0.333. The van der Waals surface area contributed by atoms with Crippen molar-refractivity contribution in [2.45, 2.75) is 82.8 Å². The van der Waals surface area contributed by atoms with E-state index in [0.717, 1.165) is 12.1 Å². The fourth-order valence-corrected chi connectivity index (χ4v) is 15.0. The number of hydrogen-bond donors (Lipinski definition) is 5. The van der Waals surface area contributed by atoms with Gasteiger partial charge in [0.1, 0.15) is 21.6 Å². The van der Waals surface area contributed by atoms with Crippen molar-refractivity contribution in [2.24, 2.45) is 0 Å². The van der Waals surface area contributed by atoms with Gasteiger partial charge in [-0.15, -0.1) is 5.06 Å². The van der Waals surface area contributed by atoms with Crippen LogP contribution in [0.5, 0.6) is 0 Å². The molecule has 0 bridgehead atoms. The van der Waals surface area contributed by atoms with E-state index in [-0.39, 0.29) is 137 Å². The van der Waals surface area contributed by atoms with Crippen LogP contribution >= 0.6 is 0 Å². The molecule has 8 rings (SSSR count). The third kappa shape index (κ3) is 14.0. The molecule has 1 saturated heterocycles. The quantitative estimate of drug-likeness (QED) is 0.0231. The molecule has 1 fully saturated rings. The molecule has 87 heavy (non-hydrogen) atoms. The van der Waals surface area contributed by atoms with E-state index in [1.165, 1.54) is 68.8 Å². The second-order valence-corrected chi connectivity index (χ2v) is 29.7. The van der Waals surface area contributed by atoms with Crippen molar-refractivity contribution in [1.29, 1.82) is 0 Å². The summed E-state index contributed by atoms with van der Waals surface area (Å²) in [7, 11) is -27.5. The minimum Gasteiger partial charge on any atom is -0.744 e. The highest BCUT2D eigenvalue weighted by atomic mass is 32.2. The van der Waals surface area contributed by atoms with Crippen molar-refractivity contribution in [1.82, 2.24) is 5.06 Å². The lowest BCUT2D eigenvalue weighted by atomic mass is 9.74. The zero-order valence-corrected chi connectivity index (χ0v) is 51.4. The Balaban J connectivity index is 1.43. The average molecular weight is 1320 g/mol. The SMILES string of the molecule is COCCC1(C)C(/C=C/C(=C/C=C2/N(CCCS(=O)(=O)O)c3ccc4c(S(=O)(=O)O)cc(S(=O)(=O)O)cc4c3C2(C)CCOC)c2ccc(C(=O)ON3C(=O)CCC3=O)cc2)=[N+](CCCS(=O)(=O)O)c2ccc3c(S(=O)(=O)[O-])cc(S(=O)(=O)O)cc3c21. The number of rotatable bonds is 24. The van der Waals surface area contributed by atoms with Crippen LogP contribution in [0.15, 0.2) is 122 Å². The van der Waals surface area contributed by atoms with Crippen LogP contribution in [0, 0.1) is 0 Å². The zero-order chi connectivity index (χ0) is 64.2. The third-order valence-corrected chi connectivity index (χ3v) is 20.3. The maximum Gasteiger partial charge on any atom is 0.363 e. The molecule has 5 aromatic rings. The highest BCUT2D eigenvalue weighted by Gasteiger charge is 2.50. The van der Waals surface area contributed by atoms with Gasteiger partial charge in [-0.3, -0.25) is 32.4 Å². The number of carbonyl (C=O) groups is 3. The van der Waals surface area contributed by atoms with Crippen molar-refractivity contribution in [3.63, 3.8) is 0 Å². The second-order valence-electron chi connectivity index (χ2n) is 21.0. The average Bonchev–Trinajstić information content (AvgIpc) is 1.61. The number of anilines is 1. The molecule has 0 aromatic heterocycles. The fourth-order valence-electron chi connectivity index (χ4n) is 11.3. The first-order chi connectivity index (χ1) is 40.3. The molecule has 0 aliphatic carbocycles. The van der Waals surface area contributed by atoms with Gasteiger partial charge in [-0.05, 0) is 121 Å². The summed E-state index contributed by atoms with van der Waals surface area (Å²) in [5.74, 6) is -4.14. The first-order valence-electron chi connectivity index (χ1n) is 26.0. The number of imide groups is 1. The summed E-state index contributed by atoms with van der Waals surface area (Å²) in [5.41, 5.74) is -1.09. The zero-order valence-electron chi connectivity index (χ0n) is 46.5. The number of fused-ring (bicyclic) bond motifs is 6. The largest absolute Gasteiger partial charge is 0.744 e. The second kappa shape index (κ2) is 24.4. The molecule has 5 aromatic carbocycles. The molecule has 2 amide bonds. The lowest BCUT2D eigenvalue weighted by Gasteiger charge is -2.30. The standard InChI is InChI=1S/C54H57N3O24S6/c1-53(21-25-79-3)46(55(23-5-27-82(61,62)63)42-15-13-38-40(50(42)53)29-36(84(67,68)69)31-44(38)86(73,74)75)17-11-34(33-7-9-35(10-8-33)52(60)81-57-48(58)19-20-49(57)59)12-18-47-54(2,22-26-80-4)51-41-30-37(85(70,71)72)32-45(87(76,77)78)39(41)14-16-43(51)56(47)24-6-28-83(64,65)66/h7-18,29-32H,5-6,19-28H2,1-4H3,(H5-,61,62,63,64,65,66,67,68,69,70,71,72,73,74,75,76,77,78). The molecular weight excluding hydrogens is 1270 g/mol. The van der Waals surface area contributed by atoms with Crippen molar-refractivity contribution in [3.05, 3.63) is 125 Å². The topological polar surface area (TPSA) is 417 Å². The molecule has 33 heteroatoms. The molecule has 0 spiro atoms. The van der Waals surface area contributed by atoms with Crippen LogP contribution in [0.4, 0.5) is 11.4 Å². The van der Waals surface area contributed by atoms with E-state index >= 15 is 0 Å². The predicted octanol–water partition coefficient (Wildman–Crippen LogP) is 5.14. The van der Waals surface area contributed by atoms with Gasteiger partial charge in [0.2, 0.25) is 5.69 Å². The normalized spacial score (nSPS) is 19.4. The van der Waals surface area contributed by atoms with Gasteiger partial charge in [-0.2, -0.15) is 46.7 Å². The minimum atomic E-state index is -5.47. The summed E-state index contributed by atoms with van der Waals surface area (Å²) in [6.45, 7) is 2.80. The maximum atomic E-state index is 13.4. The summed E-state index contributed by atoms with van der Waals surface area (Å²) in [5, 5.41) is -0.328. The number of allylic oxidation sites excluding steroid dienone is 6. The lowest BCUT2D eigenvalue weighted by molar-refractivity contribution is -0.437. The van der Waals surface area contributed by atoms with Crippen LogP contribution in [0.1, 0.15) is 79.4 Å². The highest BCUT2D eigenvalue weighted by Crippen LogP contribution is 2.54. The number of hydroxylamine groups is 2. The number of carbonyl (C=O) groups excluding carboxylic acids is 3. The van der Waals surface area contributed by atoms with E-state index in [1.54, 1.807) is 41.6 Å². The Morgan fingerprint density at radius 3 is 1.70 bits per heavy atom. The summed E-state index contributed by atoms with van der Waals surface area (Å²) >= 11 is 0. The van der Waals surface area contributed by atoms with Crippen molar-refractivity contribution in [2.75, 3.05) is 56.9 Å². The van der Waals surface area contributed by atoms with E-state index in [2.05, 4.69) is 0 Å². The van der Waals surface area contributed by atoms with Gasteiger partial charge in [0, 0.05) is 98.5 Å². The molecule has 3 aliphatic heterocycles. The van der Waals surface area contributed by atoms with Gasteiger partial charge in [-0.25, -0.2) is 13.2 Å². The van der Waals surface area contributed by atoms with Crippen molar-refractivity contribution < 1.29 is 111 Å². The van der Waals surface area contributed by atoms with Crippen LogP contribution in [0.3, 0.4) is 0 Å². The molecule has 5 N–H and O–H groups in total. The Bertz CT molecular complexity index is 4550. The Morgan fingerprint density at radius 2 is 1.16 bits per heavy atom. The van der Waals surface area contributed by atoms with Gasteiger partial charge in [-0.1, -0.05) is 24.3 Å². The van der Waals surface area contributed by atoms with Gasteiger partial charge in [0.25, 0.3) is 62.4 Å². The molecule has 0 radical (unpaired) electrons. The smallest absolute Gasteiger partial charge is 0.363 e. The summed E-state index contributed by atoms with van der Waals surface area (Å²) in [6, 6.07) is 13.9. The van der Waals surface area contributed by atoms with Crippen molar-refractivity contribution >= 4 is 123 Å². The van der Waals surface area contributed by atoms with Gasteiger partial charge < -0.3 is 23.8 Å². The predicted molar refractivity (Wildman–Crippen MR) is 310 cm³/mol.